The molecule has 2 heterocycles. The molecular weight excluding hydrogens is 380 g/mol. The van der Waals surface area contributed by atoms with Crippen LogP contribution < -0.4 is 22.1 Å². The number of fused-ring (bicyclic) bond motifs is 1. The number of hydrogen-bond acceptors (Lipinski definition) is 8. The molecule has 3 aromatic rings. The molecule has 4 rings (SSSR count). The molecule has 0 aliphatic heterocycles. The maximum Gasteiger partial charge on any atom is 0.411 e. The fourth-order valence-electron chi connectivity index (χ4n) is 2.80. The van der Waals surface area contributed by atoms with Crippen LogP contribution in [0.3, 0.4) is 0 Å². The predicted octanol–water partition coefficient (Wildman–Crippen LogP) is 2.79. The van der Waals surface area contributed by atoms with Crippen LogP contribution in [0.2, 0.25) is 0 Å². The molecule has 0 spiro atoms. The second-order valence-electron chi connectivity index (χ2n) is 6.40. The molecule has 0 bridgehead atoms. The minimum Gasteiger partial charge on any atom is -0.453 e. The average Bonchev–Trinajstić information content (AvgIpc) is 3.42. The van der Waals surface area contributed by atoms with Gasteiger partial charge in [0.2, 0.25) is 5.95 Å². The number of benzene rings is 1. The summed E-state index contributed by atoms with van der Waals surface area (Å²) in [4.78, 5) is 33.2. The molecular formula is C18H18N6O3S. The number of hydrogen-bond donors (Lipinski definition) is 4. The van der Waals surface area contributed by atoms with Gasteiger partial charge in [0, 0.05) is 17.3 Å². The largest absolute Gasteiger partial charge is 0.453 e. The van der Waals surface area contributed by atoms with Crippen molar-refractivity contribution in [3.63, 3.8) is 0 Å². The van der Waals surface area contributed by atoms with Crippen molar-refractivity contribution < 1.29 is 14.3 Å². The fourth-order valence-corrected chi connectivity index (χ4v) is 3.75. The zero-order valence-corrected chi connectivity index (χ0v) is 15.8. The molecule has 6 N–H and O–H groups in total. The van der Waals surface area contributed by atoms with E-state index in [1.165, 1.54) is 7.11 Å². The molecule has 0 radical (unpaired) electrons. The number of ether oxygens (including phenoxy) is 1. The van der Waals surface area contributed by atoms with Crippen molar-refractivity contribution in [3.8, 4) is 11.3 Å². The van der Waals surface area contributed by atoms with Crippen molar-refractivity contribution in [2.45, 2.75) is 18.9 Å². The van der Waals surface area contributed by atoms with Gasteiger partial charge in [0.15, 0.2) is 0 Å². The van der Waals surface area contributed by atoms with Gasteiger partial charge in [0.1, 0.15) is 9.71 Å². The van der Waals surface area contributed by atoms with Gasteiger partial charge in [0.05, 0.1) is 23.9 Å². The standard InChI is InChI=1S/C18H18N6O3S/c1-27-18(26)22-10-4-2-3-8(7-10)13-11-12(19)14(15(20)25)28-16(11)24-17(23-13)21-9-5-6-9/h2-4,7,9H,5-6,19H2,1H3,(H2,20,25)(H,22,26)(H,21,23,24). The van der Waals surface area contributed by atoms with Crippen LogP contribution in [0, 0.1) is 0 Å². The van der Waals surface area contributed by atoms with Crippen molar-refractivity contribution in [3.05, 3.63) is 29.1 Å². The highest BCUT2D eigenvalue weighted by Gasteiger charge is 2.25. The third-order valence-corrected chi connectivity index (χ3v) is 5.40. The number of anilines is 3. The molecule has 0 unspecified atom stereocenters. The number of nitrogens with two attached hydrogens (primary N) is 2. The lowest BCUT2D eigenvalue weighted by Crippen LogP contribution is -2.11. The molecule has 10 heteroatoms. The van der Waals surface area contributed by atoms with Gasteiger partial charge < -0.3 is 21.5 Å². The number of aromatic nitrogens is 2. The SMILES string of the molecule is COC(=O)Nc1cccc(-c2nc(NC3CC3)nc3sc(C(N)=O)c(N)c23)c1. The number of primary amides is 1. The molecule has 1 saturated carbocycles. The van der Waals surface area contributed by atoms with Gasteiger partial charge in [-0.25, -0.2) is 14.8 Å². The molecule has 0 saturated heterocycles. The minimum atomic E-state index is -0.607. The predicted molar refractivity (Wildman–Crippen MR) is 108 cm³/mol. The first kappa shape index (κ1) is 18.0. The van der Waals surface area contributed by atoms with E-state index in [9.17, 15) is 9.59 Å². The molecule has 9 nitrogen and oxygen atoms in total. The minimum absolute atomic E-state index is 0.248. The monoisotopic (exact) mass is 398 g/mol. The van der Waals surface area contributed by atoms with Crippen LogP contribution in [-0.2, 0) is 4.74 Å². The average molecular weight is 398 g/mol. The lowest BCUT2D eigenvalue weighted by Gasteiger charge is -2.10. The molecule has 2 aromatic heterocycles. The van der Waals surface area contributed by atoms with Gasteiger partial charge in [-0.1, -0.05) is 12.1 Å². The summed E-state index contributed by atoms with van der Waals surface area (Å²) in [5, 5.41) is 6.46. The van der Waals surface area contributed by atoms with Crippen LogP contribution in [0.25, 0.3) is 21.5 Å². The third-order valence-electron chi connectivity index (χ3n) is 4.29. The second-order valence-corrected chi connectivity index (χ2v) is 7.40. The Morgan fingerprint density at radius 1 is 1.29 bits per heavy atom. The summed E-state index contributed by atoms with van der Waals surface area (Å²) in [5.41, 5.74) is 13.7. The molecule has 1 fully saturated rings. The fraction of sp³-hybridized carbons (Fsp3) is 0.222. The lowest BCUT2D eigenvalue weighted by molar-refractivity contribution is 0.100. The van der Waals surface area contributed by atoms with E-state index >= 15 is 0 Å². The Labute approximate surface area is 164 Å². The zero-order valence-electron chi connectivity index (χ0n) is 15.0. The van der Waals surface area contributed by atoms with E-state index in [0.29, 0.717) is 39.2 Å². The molecule has 144 valence electrons. The Morgan fingerprint density at radius 3 is 2.75 bits per heavy atom. The molecule has 0 atom stereocenters. The zero-order chi connectivity index (χ0) is 19.8. The van der Waals surface area contributed by atoms with E-state index in [0.717, 1.165) is 24.2 Å². The van der Waals surface area contributed by atoms with Crippen molar-refractivity contribution in [1.82, 2.24) is 9.97 Å². The van der Waals surface area contributed by atoms with Gasteiger partial charge >= 0.3 is 6.09 Å². The molecule has 1 aliphatic rings. The van der Waals surface area contributed by atoms with Crippen LogP contribution in [0.1, 0.15) is 22.5 Å². The number of thiophene rings is 1. The van der Waals surface area contributed by atoms with Crippen molar-refractivity contribution >= 4 is 50.9 Å². The quantitative estimate of drug-likeness (QED) is 0.517. The first-order valence-electron chi connectivity index (χ1n) is 8.58. The maximum atomic E-state index is 11.7. The summed E-state index contributed by atoms with van der Waals surface area (Å²) in [6.07, 6.45) is 1.55. The first-order chi connectivity index (χ1) is 13.5. The normalized spacial score (nSPS) is 13.3. The van der Waals surface area contributed by atoms with Crippen molar-refractivity contribution in [2.24, 2.45) is 5.73 Å². The summed E-state index contributed by atoms with van der Waals surface area (Å²) >= 11 is 1.14. The Kier molecular flexibility index (Phi) is 4.47. The molecule has 28 heavy (non-hydrogen) atoms. The number of nitrogens with one attached hydrogen (secondary N) is 2. The van der Waals surface area contributed by atoms with E-state index in [1.807, 2.05) is 6.07 Å². The summed E-state index contributed by atoms with van der Waals surface area (Å²) in [6.45, 7) is 0. The van der Waals surface area contributed by atoms with E-state index in [2.05, 4.69) is 25.3 Å². The van der Waals surface area contributed by atoms with Crippen LogP contribution >= 0.6 is 11.3 Å². The Morgan fingerprint density at radius 2 is 2.07 bits per heavy atom. The van der Waals surface area contributed by atoms with Gasteiger partial charge in [0.25, 0.3) is 5.91 Å². The van der Waals surface area contributed by atoms with Crippen LogP contribution in [0.4, 0.5) is 22.1 Å². The number of carbonyl (C=O) groups excluding carboxylic acids is 2. The van der Waals surface area contributed by atoms with Crippen LogP contribution in [-0.4, -0.2) is 35.1 Å². The van der Waals surface area contributed by atoms with E-state index in [-0.39, 0.29) is 10.6 Å². The van der Waals surface area contributed by atoms with E-state index < -0.39 is 12.0 Å². The highest BCUT2D eigenvalue weighted by atomic mass is 32.1. The van der Waals surface area contributed by atoms with Crippen molar-refractivity contribution in [2.75, 3.05) is 23.5 Å². The summed E-state index contributed by atoms with van der Waals surface area (Å²) in [7, 11) is 1.29. The van der Waals surface area contributed by atoms with Gasteiger partial charge in [-0.3, -0.25) is 10.1 Å². The Bertz CT molecular complexity index is 1090. The van der Waals surface area contributed by atoms with Crippen LogP contribution in [0.5, 0.6) is 0 Å². The molecule has 1 aliphatic carbocycles. The highest BCUT2D eigenvalue weighted by molar-refractivity contribution is 7.21. The maximum absolute atomic E-state index is 11.7. The van der Waals surface area contributed by atoms with Gasteiger partial charge in [-0.15, -0.1) is 11.3 Å². The molecule has 2 amide bonds. The number of amides is 2. The van der Waals surface area contributed by atoms with E-state index in [4.69, 9.17) is 11.5 Å². The Hall–Kier alpha value is -3.40. The molecule has 1 aromatic carbocycles. The highest BCUT2D eigenvalue weighted by Crippen LogP contribution is 2.39. The number of nitrogen functional groups attached to an aromatic ring is 1. The number of nitrogens with zero attached hydrogens (tertiary/aromatic N) is 2. The third kappa shape index (κ3) is 3.41. The van der Waals surface area contributed by atoms with E-state index in [1.54, 1.807) is 18.2 Å². The first-order valence-corrected chi connectivity index (χ1v) is 9.39. The topological polar surface area (TPSA) is 145 Å². The van der Waals surface area contributed by atoms with Gasteiger partial charge in [-0.05, 0) is 25.0 Å². The second kappa shape index (κ2) is 6.97. The van der Waals surface area contributed by atoms with Crippen molar-refractivity contribution in [1.29, 1.82) is 0 Å². The Balaban J connectivity index is 1.87. The lowest BCUT2D eigenvalue weighted by atomic mass is 10.1. The summed E-state index contributed by atoms with van der Waals surface area (Å²) in [6, 6.07) is 7.45. The van der Waals surface area contributed by atoms with Gasteiger partial charge in [-0.2, -0.15) is 0 Å². The number of methoxy groups -OCH3 is 1. The summed E-state index contributed by atoms with van der Waals surface area (Å²) in [5.74, 6) is -0.141. The summed E-state index contributed by atoms with van der Waals surface area (Å²) < 4.78 is 4.63. The number of carbonyl (C=O) groups is 2. The number of rotatable bonds is 5. The smallest absolute Gasteiger partial charge is 0.411 e. The van der Waals surface area contributed by atoms with Crippen LogP contribution in [0.15, 0.2) is 24.3 Å².